The first-order valence-corrected chi connectivity index (χ1v) is 8.00. The molecule has 1 N–H and O–H groups in total. The third-order valence-corrected chi connectivity index (χ3v) is 4.49. The lowest BCUT2D eigenvalue weighted by atomic mass is 10.2. The Balaban J connectivity index is 2.07. The van der Waals surface area contributed by atoms with E-state index < -0.39 is 0 Å². The fourth-order valence-electron chi connectivity index (χ4n) is 2.52. The number of aryl methyl sites for hydroxylation is 2. The Morgan fingerprint density at radius 3 is 2.78 bits per heavy atom. The van der Waals surface area contributed by atoms with E-state index in [0.29, 0.717) is 27.8 Å². The summed E-state index contributed by atoms with van der Waals surface area (Å²) in [6.07, 6.45) is 2.50. The van der Waals surface area contributed by atoms with Gasteiger partial charge in [0.25, 0.3) is 5.91 Å². The van der Waals surface area contributed by atoms with Crippen LogP contribution in [0.25, 0.3) is 5.65 Å². The van der Waals surface area contributed by atoms with Crippen molar-refractivity contribution in [1.29, 1.82) is 0 Å². The van der Waals surface area contributed by atoms with Crippen LogP contribution < -0.4 is 5.32 Å². The molecule has 0 saturated carbocycles. The average Bonchev–Trinajstić information content (AvgIpc) is 2.92. The minimum atomic E-state index is -0.260. The number of hydrogen-bond acceptors (Lipinski definition) is 2. The van der Waals surface area contributed by atoms with Crippen molar-refractivity contribution >= 4 is 40.4 Å². The number of carbonyl (C=O) groups excluding carboxylic acids is 1. The molecule has 0 aliphatic rings. The maximum Gasteiger partial charge on any atom is 0.274 e. The number of fused-ring (bicyclic) bond motifs is 1. The van der Waals surface area contributed by atoms with Crippen LogP contribution >= 0.6 is 23.2 Å². The highest BCUT2D eigenvalue weighted by Crippen LogP contribution is 2.30. The van der Waals surface area contributed by atoms with Crippen LogP contribution in [0.15, 0.2) is 36.5 Å². The van der Waals surface area contributed by atoms with Gasteiger partial charge < -0.3 is 5.32 Å². The van der Waals surface area contributed by atoms with Crippen molar-refractivity contribution in [2.75, 3.05) is 5.32 Å². The van der Waals surface area contributed by atoms with Gasteiger partial charge in [0, 0.05) is 6.20 Å². The summed E-state index contributed by atoms with van der Waals surface area (Å²) in [4.78, 5) is 17.3. The summed E-state index contributed by atoms with van der Waals surface area (Å²) in [6, 6.07) is 8.99. The number of pyridine rings is 1. The van der Waals surface area contributed by atoms with E-state index >= 15 is 0 Å². The van der Waals surface area contributed by atoms with Crippen LogP contribution in [-0.4, -0.2) is 15.3 Å². The first kappa shape index (κ1) is 15.8. The summed E-state index contributed by atoms with van der Waals surface area (Å²) in [5.41, 5.74) is 3.54. The third-order valence-electron chi connectivity index (χ3n) is 3.67. The predicted octanol–water partition coefficient (Wildman–Crippen LogP) is 4.76. The van der Waals surface area contributed by atoms with E-state index in [1.165, 1.54) is 0 Å². The van der Waals surface area contributed by atoms with E-state index in [0.717, 1.165) is 16.9 Å². The molecule has 118 valence electrons. The molecule has 1 aromatic carbocycles. The smallest absolute Gasteiger partial charge is 0.274 e. The molecule has 0 atom stereocenters. The number of carbonyl (C=O) groups is 1. The maximum absolute atomic E-state index is 12.8. The zero-order chi connectivity index (χ0) is 16.6. The molecule has 23 heavy (non-hydrogen) atoms. The van der Waals surface area contributed by atoms with Gasteiger partial charge in [0.1, 0.15) is 11.3 Å². The molecule has 0 unspecified atom stereocenters. The van der Waals surface area contributed by atoms with E-state index in [-0.39, 0.29) is 5.91 Å². The van der Waals surface area contributed by atoms with Crippen LogP contribution in [0.4, 0.5) is 5.69 Å². The number of hydrogen-bond donors (Lipinski definition) is 1. The molecule has 2 heterocycles. The van der Waals surface area contributed by atoms with Crippen molar-refractivity contribution in [2.45, 2.75) is 20.3 Å². The van der Waals surface area contributed by atoms with E-state index in [9.17, 15) is 4.79 Å². The van der Waals surface area contributed by atoms with E-state index in [1.54, 1.807) is 18.2 Å². The van der Waals surface area contributed by atoms with Crippen LogP contribution in [0.5, 0.6) is 0 Å². The second kappa shape index (κ2) is 6.22. The van der Waals surface area contributed by atoms with Gasteiger partial charge in [-0.25, -0.2) is 4.98 Å². The van der Waals surface area contributed by atoms with Crippen molar-refractivity contribution in [2.24, 2.45) is 0 Å². The van der Waals surface area contributed by atoms with Crippen LogP contribution in [0.2, 0.25) is 10.0 Å². The number of rotatable bonds is 3. The highest BCUT2D eigenvalue weighted by molar-refractivity contribution is 6.44. The quantitative estimate of drug-likeness (QED) is 0.741. The summed E-state index contributed by atoms with van der Waals surface area (Å²) >= 11 is 12.1. The molecular weight excluding hydrogens is 333 g/mol. The zero-order valence-electron chi connectivity index (χ0n) is 12.7. The van der Waals surface area contributed by atoms with Gasteiger partial charge in [0.05, 0.1) is 21.4 Å². The lowest BCUT2D eigenvalue weighted by Crippen LogP contribution is -2.16. The van der Waals surface area contributed by atoms with E-state index in [4.69, 9.17) is 23.2 Å². The number of amides is 1. The Morgan fingerprint density at radius 2 is 2.04 bits per heavy atom. The van der Waals surface area contributed by atoms with Gasteiger partial charge in [-0.05, 0) is 37.1 Å². The topological polar surface area (TPSA) is 46.4 Å². The molecule has 0 radical (unpaired) electrons. The Hall–Kier alpha value is -2.04. The second-order valence-corrected chi connectivity index (χ2v) is 5.99. The summed E-state index contributed by atoms with van der Waals surface area (Å²) in [6.45, 7) is 3.94. The maximum atomic E-state index is 12.8. The summed E-state index contributed by atoms with van der Waals surface area (Å²) < 4.78 is 1.81. The van der Waals surface area contributed by atoms with Crippen LogP contribution in [0, 0.1) is 6.92 Å². The van der Waals surface area contributed by atoms with Gasteiger partial charge in [-0.15, -0.1) is 0 Å². The van der Waals surface area contributed by atoms with Gasteiger partial charge in [-0.1, -0.05) is 42.3 Å². The van der Waals surface area contributed by atoms with Crippen molar-refractivity contribution in [3.63, 3.8) is 0 Å². The molecule has 0 aliphatic carbocycles. The van der Waals surface area contributed by atoms with Gasteiger partial charge in [-0.2, -0.15) is 0 Å². The Bertz CT molecular complexity index is 902. The monoisotopic (exact) mass is 347 g/mol. The van der Waals surface area contributed by atoms with Crippen molar-refractivity contribution < 1.29 is 4.79 Å². The standard InChI is InChI=1S/C17H15Cl2N3O/c1-3-12-15(22-9-5-6-10(2)16(22)20-12)17(23)21-13-8-4-7-11(18)14(13)19/h4-9H,3H2,1-2H3,(H,21,23). The highest BCUT2D eigenvalue weighted by Gasteiger charge is 2.20. The van der Waals surface area contributed by atoms with E-state index in [2.05, 4.69) is 10.3 Å². The number of aromatic nitrogens is 2. The molecule has 1 amide bonds. The fourth-order valence-corrected chi connectivity index (χ4v) is 2.87. The SMILES string of the molecule is CCc1nc2c(C)cccn2c1C(=O)Nc1cccc(Cl)c1Cl. The number of halogens is 2. The molecule has 0 spiro atoms. The van der Waals surface area contributed by atoms with Crippen LogP contribution in [-0.2, 0) is 6.42 Å². The normalized spacial score (nSPS) is 11.0. The Morgan fingerprint density at radius 1 is 1.26 bits per heavy atom. The molecule has 4 nitrogen and oxygen atoms in total. The lowest BCUT2D eigenvalue weighted by Gasteiger charge is -2.09. The van der Waals surface area contributed by atoms with Gasteiger partial charge in [0.15, 0.2) is 0 Å². The molecule has 0 fully saturated rings. The summed E-state index contributed by atoms with van der Waals surface area (Å²) in [7, 11) is 0. The number of anilines is 1. The minimum absolute atomic E-state index is 0.260. The van der Waals surface area contributed by atoms with Crippen LogP contribution in [0.1, 0.15) is 28.7 Å². The average molecular weight is 348 g/mol. The fraction of sp³-hybridized carbons (Fsp3) is 0.176. The number of benzene rings is 1. The predicted molar refractivity (Wildman–Crippen MR) is 93.7 cm³/mol. The Kier molecular flexibility index (Phi) is 4.28. The minimum Gasteiger partial charge on any atom is -0.319 e. The largest absolute Gasteiger partial charge is 0.319 e. The second-order valence-electron chi connectivity index (χ2n) is 5.20. The molecular formula is C17H15Cl2N3O. The molecule has 3 aromatic rings. The summed E-state index contributed by atoms with van der Waals surface area (Å²) in [5.74, 6) is -0.260. The number of imidazole rings is 1. The Labute approximate surface area is 144 Å². The molecule has 2 aromatic heterocycles. The first-order chi connectivity index (χ1) is 11.0. The van der Waals surface area contributed by atoms with Crippen molar-refractivity contribution in [1.82, 2.24) is 9.38 Å². The third kappa shape index (κ3) is 2.80. The van der Waals surface area contributed by atoms with Gasteiger partial charge in [0.2, 0.25) is 0 Å². The van der Waals surface area contributed by atoms with E-state index in [1.807, 2.05) is 36.6 Å². The molecule has 0 saturated heterocycles. The molecule has 6 heteroatoms. The van der Waals surface area contributed by atoms with Crippen LogP contribution in [0.3, 0.4) is 0 Å². The lowest BCUT2D eigenvalue weighted by molar-refractivity contribution is 0.102. The zero-order valence-corrected chi connectivity index (χ0v) is 14.2. The van der Waals surface area contributed by atoms with Gasteiger partial charge in [-0.3, -0.25) is 9.20 Å². The molecule has 0 bridgehead atoms. The number of nitrogens with zero attached hydrogens (tertiary/aromatic N) is 2. The summed E-state index contributed by atoms with van der Waals surface area (Å²) in [5, 5.41) is 3.55. The number of nitrogens with one attached hydrogen (secondary N) is 1. The first-order valence-electron chi connectivity index (χ1n) is 7.24. The molecule has 3 rings (SSSR count). The van der Waals surface area contributed by atoms with Crippen molar-refractivity contribution in [3.05, 3.63) is 63.5 Å². The van der Waals surface area contributed by atoms with Gasteiger partial charge >= 0.3 is 0 Å². The van der Waals surface area contributed by atoms with Crippen molar-refractivity contribution in [3.8, 4) is 0 Å². The highest BCUT2D eigenvalue weighted by atomic mass is 35.5. The molecule has 0 aliphatic heterocycles.